The van der Waals surface area contributed by atoms with E-state index < -0.39 is 0 Å². The number of aromatic amines is 1. The molecule has 23 heavy (non-hydrogen) atoms. The predicted molar refractivity (Wildman–Crippen MR) is 88.0 cm³/mol. The first-order valence-corrected chi connectivity index (χ1v) is 7.50. The molecular formula is C18H18N2O3. The summed E-state index contributed by atoms with van der Waals surface area (Å²) in [5.41, 5.74) is 1.23. The highest BCUT2D eigenvalue weighted by atomic mass is 16.5. The van der Waals surface area contributed by atoms with Crippen molar-refractivity contribution in [3.05, 3.63) is 54.7 Å². The van der Waals surface area contributed by atoms with Gasteiger partial charge in [-0.3, -0.25) is 5.10 Å². The minimum Gasteiger partial charge on any atom is -0.507 e. The highest BCUT2D eigenvalue weighted by molar-refractivity contribution is 5.73. The Morgan fingerprint density at radius 2 is 1.91 bits per heavy atom. The fraction of sp³-hybridized carbons (Fsp3) is 0.167. The van der Waals surface area contributed by atoms with Crippen molar-refractivity contribution in [1.29, 1.82) is 0 Å². The van der Waals surface area contributed by atoms with Crippen LogP contribution >= 0.6 is 0 Å². The summed E-state index contributed by atoms with van der Waals surface area (Å²) in [7, 11) is 0. The maximum absolute atomic E-state index is 10.3. The number of benzene rings is 2. The zero-order chi connectivity index (χ0) is 16.1. The monoisotopic (exact) mass is 310 g/mol. The molecule has 0 amide bonds. The van der Waals surface area contributed by atoms with Gasteiger partial charge < -0.3 is 14.6 Å². The second-order valence-corrected chi connectivity index (χ2v) is 5.05. The van der Waals surface area contributed by atoms with Gasteiger partial charge in [0.05, 0.1) is 12.8 Å². The average molecular weight is 310 g/mol. The van der Waals surface area contributed by atoms with Crippen LogP contribution < -0.4 is 9.47 Å². The van der Waals surface area contributed by atoms with Gasteiger partial charge in [-0.05, 0) is 30.7 Å². The number of nitrogens with zero attached hydrogens (tertiary/aromatic N) is 1. The molecule has 5 heteroatoms. The van der Waals surface area contributed by atoms with E-state index in [0.717, 1.165) is 6.42 Å². The Labute approximate surface area is 134 Å². The summed E-state index contributed by atoms with van der Waals surface area (Å²) < 4.78 is 11.3. The van der Waals surface area contributed by atoms with Gasteiger partial charge in [-0.25, -0.2) is 0 Å². The molecule has 3 rings (SSSR count). The topological polar surface area (TPSA) is 67.4 Å². The molecule has 1 heterocycles. The molecule has 0 fully saturated rings. The number of H-pyrrole nitrogens is 1. The molecule has 2 aromatic carbocycles. The van der Waals surface area contributed by atoms with Crippen LogP contribution in [0.25, 0.3) is 11.3 Å². The smallest absolute Gasteiger partial charge is 0.173 e. The van der Waals surface area contributed by atoms with Crippen LogP contribution in [0.5, 0.6) is 23.0 Å². The van der Waals surface area contributed by atoms with Gasteiger partial charge in [-0.2, -0.15) is 5.10 Å². The molecule has 0 aliphatic carbocycles. The summed E-state index contributed by atoms with van der Waals surface area (Å²) in [6.07, 6.45) is 2.50. The summed E-state index contributed by atoms with van der Waals surface area (Å²) >= 11 is 0. The number of para-hydroxylation sites is 1. The first-order chi connectivity index (χ1) is 11.3. The number of rotatable bonds is 6. The normalized spacial score (nSPS) is 10.5. The van der Waals surface area contributed by atoms with Crippen LogP contribution in [-0.2, 0) is 0 Å². The van der Waals surface area contributed by atoms with Crippen LogP contribution in [-0.4, -0.2) is 21.9 Å². The van der Waals surface area contributed by atoms with Crippen LogP contribution in [0.2, 0.25) is 0 Å². The average Bonchev–Trinajstić information content (AvgIpc) is 3.02. The van der Waals surface area contributed by atoms with E-state index >= 15 is 0 Å². The SMILES string of the molecule is CCCOc1ccc(-c2[nH]ncc2Oc2ccccc2)c(O)c1. The highest BCUT2D eigenvalue weighted by Crippen LogP contribution is 2.37. The number of aromatic hydroxyl groups is 1. The molecule has 0 spiro atoms. The van der Waals surface area contributed by atoms with Crippen molar-refractivity contribution in [3.8, 4) is 34.3 Å². The quantitative estimate of drug-likeness (QED) is 0.709. The molecule has 2 N–H and O–H groups in total. The van der Waals surface area contributed by atoms with E-state index in [1.165, 1.54) is 0 Å². The summed E-state index contributed by atoms with van der Waals surface area (Å²) in [5, 5.41) is 17.2. The minimum absolute atomic E-state index is 0.112. The lowest BCUT2D eigenvalue weighted by Crippen LogP contribution is -1.95. The summed E-state index contributed by atoms with van der Waals surface area (Å²) in [6, 6.07) is 14.6. The van der Waals surface area contributed by atoms with E-state index in [1.807, 2.05) is 43.3 Å². The Hall–Kier alpha value is -2.95. The van der Waals surface area contributed by atoms with Gasteiger partial charge in [0, 0.05) is 11.6 Å². The number of nitrogens with one attached hydrogen (secondary N) is 1. The lowest BCUT2D eigenvalue weighted by atomic mass is 10.1. The molecule has 0 radical (unpaired) electrons. The fourth-order valence-electron chi connectivity index (χ4n) is 2.19. The van der Waals surface area contributed by atoms with E-state index in [1.54, 1.807) is 18.3 Å². The van der Waals surface area contributed by atoms with Gasteiger partial charge in [0.1, 0.15) is 22.9 Å². The van der Waals surface area contributed by atoms with Crippen molar-refractivity contribution in [2.75, 3.05) is 6.61 Å². The Bertz CT molecular complexity index is 769. The molecule has 0 atom stereocenters. The molecule has 0 aliphatic rings. The molecule has 5 nitrogen and oxygen atoms in total. The van der Waals surface area contributed by atoms with Crippen molar-refractivity contribution in [2.24, 2.45) is 0 Å². The number of phenolic OH excluding ortho intramolecular Hbond substituents is 1. The third-order valence-electron chi connectivity index (χ3n) is 3.29. The molecule has 0 bridgehead atoms. The maximum atomic E-state index is 10.3. The minimum atomic E-state index is 0.112. The Balaban J connectivity index is 1.86. The van der Waals surface area contributed by atoms with Crippen molar-refractivity contribution >= 4 is 0 Å². The van der Waals surface area contributed by atoms with Gasteiger partial charge in [-0.15, -0.1) is 0 Å². The van der Waals surface area contributed by atoms with Crippen molar-refractivity contribution in [1.82, 2.24) is 10.2 Å². The third kappa shape index (κ3) is 3.45. The third-order valence-corrected chi connectivity index (χ3v) is 3.29. The summed E-state index contributed by atoms with van der Waals surface area (Å²) in [5.74, 6) is 2.00. The van der Waals surface area contributed by atoms with E-state index in [-0.39, 0.29) is 5.75 Å². The number of hydrogen-bond donors (Lipinski definition) is 2. The number of hydrogen-bond acceptors (Lipinski definition) is 4. The fourth-order valence-corrected chi connectivity index (χ4v) is 2.19. The molecule has 3 aromatic rings. The van der Waals surface area contributed by atoms with Crippen LogP contribution in [0.1, 0.15) is 13.3 Å². The lowest BCUT2D eigenvalue weighted by molar-refractivity contribution is 0.315. The second kappa shape index (κ2) is 6.87. The molecule has 0 saturated carbocycles. The van der Waals surface area contributed by atoms with Crippen LogP contribution in [0, 0.1) is 0 Å². The second-order valence-electron chi connectivity index (χ2n) is 5.05. The lowest BCUT2D eigenvalue weighted by Gasteiger charge is -2.09. The van der Waals surface area contributed by atoms with Crippen molar-refractivity contribution in [2.45, 2.75) is 13.3 Å². The molecule has 0 unspecified atom stereocenters. The Morgan fingerprint density at radius 1 is 1.09 bits per heavy atom. The van der Waals surface area contributed by atoms with E-state index in [2.05, 4.69) is 10.2 Å². The van der Waals surface area contributed by atoms with Gasteiger partial charge in [0.2, 0.25) is 0 Å². The number of ether oxygens (including phenoxy) is 2. The molecular weight excluding hydrogens is 292 g/mol. The predicted octanol–water partition coefficient (Wildman–Crippen LogP) is 4.36. The van der Waals surface area contributed by atoms with Gasteiger partial charge in [0.15, 0.2) is 5.75 Å². The highest BCUT2D eigenvalue weighted by Gasteiger charge is 2.14. The van der Waals surface area contributed by atoms with Gasteiger partial charge in [-0.1, -0.05) is 25.1 Å². The van der Waals surface area contributed by atoms with Crippen molar-refractivity contribution in [3.63, 3.8) is 0 Å². The first kappa shape index (κ1) is 15.0. The summed E-state index contributed by atoms with van der Waals surface area (Å²) in [6.45, 7) is 2.65. The van der Waals surface area contributed by atoms with E-state index in [4.69, 9.17) is 9.47 Å². The number of aromatic nitrogens is 2. The molecule has 0 saturated heterocycles. The van der Waals surface area contributed by atoms with Crippen LogP contribution in [0.15, 0.2) is 54.7 Å². The van der Waals surface area contributed by atoms with Gasteiger partial charge >= 0.3 is 0 Å². The van der Waals surface area contributed by atoms with E-state index in [9.17, 15) is 5.11 Å². The summed E-state index contributed by atoms with van der Waals surface area (Å²) in [4.78, 5) is 0. The maximum Gasteiger partial charge on any atom is 0.173 e. The molecule has 0 aliphatic heterocycles. The Kier molecular flexibility index (Phi) is 4.47. The molecule has 118 valence electrons. The first-order valence-electron chi connectivity index (χ1n) is 7.50. The van der Waals surface area contributed by atoms with Crippen molar-refractivity contribution < 1.29 is 14.6 Å². The number of phenols is 1. The van der Waals surface area contributed by atoms with E-state index in [0.29, 0.717) is 35.1 Å². The van der Waals surface area contributed by atoms with Crippen LogP contribution in [0.4, 0.5) is 0 Å². The molecule has 1 aromatic heterocycles. The van der Waals surface area contributed by atoms with Crippen LogP contribution in [0.3, 0.4) is 0 Å². The largest absolute Gasteiger partial charge is 0.507 e. The standard InChI is InChI=1S/C18H18N2O3/c1-2-10-22-14-8-9-15(16(21)11-14)18-17(12-19-20-18)23-13-6-4-3-5-7-13/h3-9,11-12,21H,2,10H2,1H3,(H,19,20). The zero-order valence-corrected chi connectivity index (χ0v) is 12.8. The Morgan fingerprint density at radius 3 is 2.65 bits per heavy atom. The zero-order valence-electron chi connectivity index (χ0n) is 12.8. The van der Waals surface area contributed by atoms with Gasteiger partial charge in [0.25, 0.3) is 0 Å².